The van der Waals surface area contributed by atoms with E-state index in [2.05, 4.69) is 9.97 Å². The molecule has 1 atom stereocenters. The Morgan fingerprint density at radius 2 is 1.92 bits per heavy atom. The standard InChI is InChI=1S/C17H20N4O3S/c1-13(24-15(22)12-14-4-2-11-25-14)16(23)20-7-9-21(10-8-20)17-18-5-3-6-19-17/h2-6,11,13H,7-10,12H2,1H3. The quantitative estimate of drug-likeness (QED) is 0.750. The molecular formula is C17H20N4O3S. The summed E-state index contributed by atoms with van der Waals surface area (Å²) >= 11 is 1.50. The third-order valence-corrected chi connectivity index (χ3v) is 4.86. The van der Waals surface area contributed by atoms with E-state index in [1.54, 1.807) is 30.3 Å². The summed E-state index contributed by atoms with van der Waals surface area (Å²) in [5.41, 5.74) is 0. The second-order valence-electron chi connectivity index (χ2n) is 5.75. The maximum absolute atomic E-state index is 12.5. The van der Waals surface area contributed by atoms with Gasteiger partial charge >= 0.3 is 5.97 Å². The van der Waals surface area contributed by atoms with Crippen LogP contribution in [0.3, 0.4) is 0 Å². The summed E-state index contributed by atoms with van der Waals surface area (Å²) in [4.78, 5) is 37.6. The lowest BCUT2D eigenvalue weighted by molar-refractivity contribution is -0.158. The molecule has 0 spiro atoms. The van der Waals surface area contributed by atoms with Crippen LogP contribution in [-0.2, 0) is 20.7 Å². The van der Waals surface area contributed by atoms with Crippen LogP contribution in [0.25, 0.3) is 0 Å². The number of rotatable bonds is 5. The topological polar surface area (TPSA) is 75.6 Å². The first-order valence-electron chi connectivity index (χ1n) is 8.16. The van der Waals surface area contributed by atoms with Crippen LogP contribution >= 0.6 is 11.3 Å². The molecule has 1 unspecified atom stereocenters. The lowest BCUT2D eigenvalue weighted by Crippen LogP contribution is -2.52. The molecular weight excluding hydrogens is 340 g/mol. The minimum absolute atomic E-state index is 0.159. The summed E-state index contributed by atoms with van der Waals surface area (Å²) in [5, 5.41) is 1.91. The Bertz CT molecular complexity index is 700. The van der Waals surface area contributed by atoms with E-state index < -0.39 is 6.10 Å². The molecule has 1 aliphatic heterocycles. The number of esters is 1. The number of anilines is 1. The van der Waals surface area contributed by atoms with E-state index in [4.69, 9.17) is 4.74 Å². The van der Waals surface area contributed by atoms with E-state index in [1.807, 2.05) is 22.4 Å². The van der Waals surface area contributed by atoms with Crippen molar-refractivity contribution in [2.24, 2.45) is 0 Å². The Kier molecular flexibility index (Phi) is 5.60. The number of thiophene rings is 1. The summed E-state index contributed by atoms with van der Waals surface area (Å²) < 4.78 is 5.29. The molecule has 1 amide bonds. The van der Waals surface area contributed by atoms with Crippen molar-refractivity contribution in [2.45, 2.75) is 19.4 Å². The number of nitrogens with zero attached hydrogens (tertiary/aromatic N) is 4. The average Bonchev–Trinajstić information content (AvgIpc) is 3.14. The van der Waals surface area contributed by atoms with Crippen molar-refractivity contribution < 1.29 is 14.3 Å². The number of hydrogen-bond acceptors (Lipinski definition) is 7. The molecule has 1 saturated heterocycles. The smallest absolute Gasteiger partial charge is 0.311 e. The SMILES string of the molecule is CC(OC(=O)Cc1cccs1)C(=O)N1CCN(c2ncccn2)CC1. The van der Waals surface area contributed by atoms with Crippen molar-refractivity contribution in [1.82, 2.24) is 14.9 Å². The van der Waals surface area contributed by atoms with Crippen LogP contribution in [0.15, 0.2) is 36.0 Å². The zero-order valence-electron chi connectivity index (χ0n) is 14.0. The van der Waals surface area contributed by atoms with Crippen LogP contribution in [0.2, 0.25) is 0 Å². The first kappa shape index (κ1) is 17.3. The number of piperazine rings is 1. The van der Waals surface area contributed by atoms with Crippen molar-refractivity contribution >= 4 is 29.2 Å². The molecule has 0 radical (unpaired) electrons. The molecule has 0 saturated carbocycles. The van der Waals surface area contributed by atoms with Gasteiger partial charge in [-0.3, -0.25) is 9.59 Å². The van der Waals surface area contributed by atoms with Crippen LogP contribution in [0.5, 0.6) is 0 Å². The van der Waals surface area contributed by atoms with E-state index in [-0.39, 0.29) is 18.3 Å². The van der Waals surface area contributed by atoms with Crippen molar-refractivity contribution in [3.63, 3.8) is 0 Å². The Hall–Kier alpha value is -2.48. The lowest BCUT2D eigenvalue weighted by atomic mass is 10.2. The van der Waals surface area contributed by atoms with Crippen molar-refractivity contribution in [3.8, 4) is 0 Å². The van der Waals surface area contributed by atoms with Gasteiger partial charge < -0.3 is 14.5 Å². The first-order chi connectivity index (χ1) is 12.1. The zero-order valence-corrected chi connectivity index (χ0v) is 14.8. The molecule has 0 N–H and O–H groups in total. The summed E-state index contributed by atoms with van der Waals surface area (Å²) in [5.74, 6) is 0.137. The maximum atomic E-state index is 12.5. The van der Waals surface area contributed by atoms with Gasteiger partial charge in [-0.15, -0.1) is 11.3 Å². The molecule has 1 fully saturated rings. The number of amides is 1. The molecule has 8 heteroatoms. The fraction of sp³-hybridized carbons (Fsp3) is 0.412. The molecule has 0 aliphatic carbocycles. The highest BCUT2D eigenvalue weighted by atomic mass is 32.1. The van der Waals surface area contributed by atoms with E-state index in [1.165, 1.54) is 11.3 Å². The fourth-order valence-corrected chi connectivity index (χ4v) is 3.37. The molecule has 0 bridgehead atoms. The number of hydrogen-bond donors (Lipinski definition) is 0. The molecule has 2 aromatic heterocycles. The third kappa shape index (κ3) is 4.54. The normalized spacial score (nSPS) is 15.7. The summed E-state index contributed by atoms with van der Waals surface area (Å²) in [6.45, 7) is 4.06. The van der Waals surface area contributed by atoms with Gasteiger partial charge in [0.25, 0.3) is 5.91 Å². The van der Waals surface area contributed by atoms with Crippen LogP contribution < -0.4 is 4.90 Å². The minimum atomic E-state index is -0.771. The zero-order chi connectivity index (χ0) is 17.6. The Labute approximate surface area is 150 Å². The highest BCUT2D eigenvalue weighted by molar-refractivity contribution is 7.10. The summed E-state index contributed by atoms with van der Waals surface area (Å²) in [6, 6.07) is 5.54. The number of carbonyl (C=O) groups is 2. The minimum Gasteiger partial charge on any atom is -0.452 e. The molecule has 3 rings (SSSR count). The van der Waals surface area contributed by atoms with Gasteiger partial charge in [0.05, 0.1) is 6.42 Å². The fourth-order valence-electron chi connectivity index (χ4n) is 2.68. The molecule has 1 aliphatic rings. The third-order valence-electron chi connectivity index (χ3n) is 3.98. The van der Waals surface area contributed by atoms with Gasteiger partial charge in [-0.2, -0.15) is 0 Å². The van der Waals surface area contributed by atoms with Gasteiger partial charge in [-0.25, -0.2) is 9.97 Å². The van der Waals surface area contributed by atoms with Gasteiger partial charge in [-0.1, -0.05) is 6.07 Å². The van der Waals surface area contributed by atoms with Gasteiger partial charge in [0.2, 0.25) is 5.95 Å². The van der Waals surface area contributed by atoms with Crippen LogP contribution in [-0.4, -0.2) is 59.0 Å². The van der Waals surface area contributed by atoms with Gasteiger partial charge in [0, 0.05) is 43.4 Å². The second-order valence-corrected chi connectivity index (χ2v) is 6.78. The summed E-state index contributed by atoms with van der Waals surface area (Å²) in [7, 11) is 0. The Balaban J connectivity index is 1.47. The Morgan fingerprint density at radius 1 is 1.20 bits per heavy atom. The average molecular weight is 360 g/mol. The van der Waals surface area contributed by atoms with E-state index in [0.717, 1.165) is 4.88 Å². The van der Waals surface area contributed by atoms with Gasteiger partial charge in [0.15, 0.2) is 6.10 Å². The highest BCUT2D eigenvalue weighted by Gasteiger charge is 2.27. The number of carbonyl (C=O) groups excluding carboxylic acids is 2. The number of ether oxygens (including phenoxy) is 1. The van der Waals surface area contributed by atoms with Crippen LogP contribution in [0.4, 0.5) is 5.95 Å². The van der Waals surface area contributed by atoms with Crippen molar-refractivity contribution in [3.05, 3.63) is 40.8 Å². The van der Waals surface area contributed by atoms with Crippen LogP contribution in [0, 0.1) is 0 Å². The molecule has 0 aromatic carbocycles. The van der Waals surface area contributed by atoms with Gasteiger partial charge in [0.1, 0.15) is 0 Å². The van der Waals surface area contributed by atoms with Crippen LogP contribution in [0.1, 0.15) is 11.8 Å². The predicted molar refractivity (Wildman–Crippen MR) is 94.4 cm³/mol. The molecule has 3 heterocycles. The second kappa shape index (κ2) is 8.06. The molecule has 7 nitrogen and oxygen atoms in total. The van der Waals surface area contributed by atoms with E-state index in [0.29, 0.717) is 32.1 Å². The predicted octanol–water partition coefficient (Wildman–Crippen LogP) is 1.36. The molecule has 132 valence electrons. The largest absolute Gasteiger partial charge is 0.452 e. The maximum Gasteiger partial charge on any atom is 0.311 e. The Morgan fingerprint density at radius 3 is 2.56 bits per heavy atom. The first-order valence-corrected chi connectivity index (χ1v) is 9.04. The lowest BCUT2D eigenvalue weighted by Gasteiger charge is -2.35. The van der Waals surface area contributed by atoms with Gasteiger partial charge in [-0.05, 0) is 24.4 Å². The molecule has 2 aromatic rings. The monoisotopic (exact) mass is 360 g/mol. The van der Waals surface area contributed by atoms with Crippen molar-refractivity contribution in [2.75, 3.05) is 31.1 Å². The molecule has 25 heavy (non-hydrogen) atoms. The van der Waals surface area contributed by atoms with Crippen molar-refractivity contribution in [1.29, 1.82) is 0 Å². The van der Waals surface area contributed by atoms with E-state index in [9.17, 15) is 9.59 Å². The van der Waals surface area contributed by atoms with E-state index >= 15 is 0 Å². The summed E-state index contributed by atoms with van der Waals surface area (Å²) in [6.07, 6.45) is 2.84. The highest BCUT2D eigenvalue weighted by Crippen LogP contribution is 2.13. The number of aromatic nitrogens is 2.